The Balaban J connectivity index is 1.80. The van der Waals surface area contributed by atoms with Gasteiger partial charge >= 0.3 is 0 Å². The van der Waals surface area contributed by atoms with Crippen molar-refractivity contribution in [2.75, 3.05) is 12.8 Å². The second-order valence-electron chi connectivity index (χ2n) is 8.15. The van der Waals surface area contributed by atoms with Gasteiger partial charge in [0.2, 0.25) is 9.84 Å². The summed E-state index contributed by atoms with van der Waals surface area (Å²) in [6.45, 7) is 3.79. The smallest absolute Gasteiger partial charge is 0.212 e. The van der Waals surface area contributed by atoms with Crippen molar-refractivity contribution in [3.05, 3.63) is 83.4 Å². The SMILES string of the molecule is COc1ccccc1C=Nn1c(N)c(S(=O)(=O)c2ccc(C)c(C)c2)c2nc3ccccc3nc21. The topological polar surface area (TPSA) is 112 Å². The van der Waals surface area contributed by atoms with Crippen LogP contribution in [0.3, 0.4) is 0 Å². The number of aromatic nitrogens is 3. The largest absolute Gasteiger partial charge is 0.496 e. The maximum atomic E-state index is 13.8. The van der Waals surface area contributed by atoms with E-state index in [0.29, 0.717) is 22.3 Å². The van der Waals surface area contributed by atoms with Gasteiger partial charge in [-0.05, 0) is 61.4 Å². The third-order valence-corrected chi connectivity index (χ3v) is 7.75. The summed E-state index contributed by atoms with van der Waals surface area (Å²) in [7, 11) is -2.46. The molecule has 0 radical (unpaired) electrons. The quantitative estimate of drug-likeness (QED) is 0.367. The van der Waals surface area contributed by atoms with Gasteiger partial charge in [0.1, 0.15) is 22.0 Å². The van der Waals surface area contributed by atoms with Crippen LogP contribution >= 0.6 is 0 Å². The summed E-state index contributed by atoms with van der Waals surface area (Å²) in [6.07, 6.45) is 1.55. The number of rotatable bonds is 5. The van der Waals surface area contributed by atoms with Crippen molar-refractivity contribution >= 4 is 44.1 Å². The predicted octanol–water partition coefficient (Wildman–Crippen LogP) is 4.51. The van der Waals surface area contributed by atoms with E-state index in [2.05, 4.69) is 15.1 Å². The van der Waals surface area contributed by atoms with Gasteiger partial charge in [-0.1, -0.05) is 30.3 Å². The number of nitrogen functional groups attached to an aromatic ring is 1. The van der Waals surface area contributed by atoms with E-state index in [0.717, 1.165) is 11.1 Å². The number of hydrogen-bond donors (Lipinski definition) is 1. The molecule has 0 saturated carbocycles. The first-order valence-electron chi connectivity index (χ1n) is 10.9. The first-order chi connectivity index (χ1) is 16.8. The highest BCUT2D eigenvalue weighted by molar-refractivity contribution is 7.92. The molecule has 2 heterocycles. The van der Waals surface area contributed by atoms with Gasteiger partial charge in [0.05, 0.1) is 29.3 Å². The molecule has 5 rings (SSSR count). The molecule has 3 aromatic carbocycles. The van der Waals surface area contributed by atoms with Gasteiger partial charge in [-0.3, -0.25) is 0 Å². The molecule has 0 aliphatic rings. The number of nitrogens with two attached hydrogens (primary N) is 1. The number of hydrogen-bond acceptors (Lipinski definition) is 7. The Morgan fingerprint density at radius 2 is 1.63 bits per heavy atom. The van der Waals surface area contributed by atoms with Crippen molar-refractivity contribution in [3.63, 3.8) is 0 Å². The highest BCUT2D eigenvalue weighted by Gasteiger charge is 2.30. The van der Waals surface area contributed by atoms with Crippen molar-refractivity contribution in [3.8, 4) is 5.75 Å². The van der Waals surface area contributed by atoms with E-state index in [9.17, 15) is 8.42 Å². The van der Waals surface area contributed by atoms with E-state index in [4.69, 9.17) is 10.5 Å². The molecule has 8 nitrogen and oxygen atoms in total. The number of anilines is 1. The number of fused-ring (bicyclic) bond motifs is 2. The van der Waals surface area contributed by atoms with Crippen LogP contribution in [0.5, 0.6) is 5.75 Å². The molecule has 0 spiro atoms. The lowest BCUT2D eigenvalue weighted by molar-refractivity contribution is 0.414. The molecule has 0 amide bonds. The van der Waals surface area contributed by atoms with Crippen LogP contribution in [0.15, 0.2) is 81.6 Å². The van der Waals surface area contributed by atoms with Crippen LogP contribution in [0, 0.1) is 13.8 Å². The Labute approximate surface area is 202 Å². The van der Waals surface area contributed by atoms with Gasteiger partial charge in [0.15, 0.2) is 5.65 Å². The molecule has 0 saturated heterocycles. The minimum absolute atomic E-state index is 0.0697. The highest BCUT2D eigenvalue weighted by Crippen LogP contribution is 2.35. The van der Waals surface area contributed by atoms with E-state index in [1.165, 1.54) is 4.68 Å². The Bertz CT molecular complexity index is 1740. The minimum Gasteiger partial charge on any atom is -0.496 e. The first-order valence-corrected chi connectivity index (χ1v) is 12.4. The van der Waals surface area contributed by atoms with Crippen molar-refractivity contribution in [2.45, 2.75) is 23.6 Å². The maximum absolute atomic E-state index is 13.8. The first kappa shape index (κ1) is 22.5. The zero-order valence-corrected chi connectivity index (χ0v) is 20.2. The number of ether oxygens (including phenoxy) is 1. The molecule has 35 heavy (non-hydrogen) atoms. The molecule has 0 unspecified atom stereocenters. The monoisotopic (exact) mass is 485 g/mol. The van der Waals surface area contributed by atoms with Crippen molar-refractivity contribution in [1.29, 1.82) is 0 Å². The van der Waals surface area contributed by atoms with Gasteiger partial charge in [-0.2, -0.15) is 9.78 Å². The fraction of sp³-hybridized carbons (Fsp3) is 0.115. The molecule has 2 aromatic heterocycles. The van der Waals surface area contributed by atoms with Crippen LogP contribution in [0.4, 0.5) is 5.82 Å². The number of sulfone groups is 1. The van der Waals surface area contributed by atoms with E-state index < -0.39 is 9.84 Å². The van der Waals surface area contributed by atoms with Gasteiger partial charge in [-0.25, -0.2) is 18.4 Å². The summed E-state index contributed by atoms with van der Waals surface area (Å²) in [4.78, 5) is 9.32. The third-order valence-electron chi connectivity index (χ3n) is 5.94. The average molecular weight is 486 g/mol. The van der Waals surface area contributed by atoms with Crippen LogP contribution in [-0.2, 0) is 9.84 Å². The zero-order chi connectivity index (χ0) is 24.7. The molecule has 2 N–H and O–H groups in total. The van der Waals surface area contributed by atoms with Gasteiger partial charge < -0.3 is 10.5 Å². The second kappa shape index (κ2) is 8.52. The zero-order valence-electron chi connectivity index (χ0n) is 19.4. The summed E-state index contributed by atoms with van der Waals surface area (Å²) < 4.78 is 34.4. The van der Waals surface area contributed by atoms with E-state index in [-0.39, 0.29) is 26.8 Å². The summed E-state index contributed by atoms with van der Waals surface area (Å²) >= 11 is 0. The molecule has 0 bridgehead atoms. The van der Waals surface area contributed by atoms with Gasteiger partial charge in [0.25, 0.3) is 0 Å². The summed E-state index contributed by atoms with van der Waals surface area (Å²) in [5, 5.41) is 4.50. The molecule has 176 valence electrons. The third kappa shape index (κ3) is 3.79. The number of methoxy groups -OCH3 is 1. The van der Waals surface area contributed by atoms with E-state index >= 15 is 0 Å². The van der Waals surface area contributed by atoms with E-state index in [1.54, 1.807) is 49.7 Å². The van der Waals surface area contributed by atoms with Crippen LogP contribution in [0.2, 0.25) is 0 Å². The van der Waals surface area contributed by atoms with Crippen molar-refractivity contribution in [1.82, 2.24) is 14.6 Å². The van der Waals surface area contributed by atoms with Crippen molar-refractivity contribution < 1.29 is 13.2 Å². The Morgan fingerprint density at radius 1 is 0.943 bits per heavy atom. The second-order valence-corrected chi connectivity index (χ2v) is 10.0. The Morgan fingerprint density at radius 3 is 2.34 bits per heavy atom. The van der Waals surface area contributed by atoms with Crippen LogP contribution in [-0.4, -0.2) is 36.4 Å². The lowest BCUT2D eigenvalue weighted by Gasteiger charge is -2.07. The van der Waals surface area contributed by atoms with Gasteiger partial charge in [0, 0.05) is 5.56 Å². The standard InChI is InChI=1S/C26H23N5O3S/c1-16-12-13-19(14-17(16)2)35(32,33)24-23-26(30-21-10-6-5-9-20(21)29-23)31(25(24)27)28-15-18-8-4-7-11-22(18)34-3/h4-15H,27H2,1-3H3. The molecule has 0 aliphatic carbocycles. The highest BCUT2D eigenvalue weighted by atomic mass is 32.2. The molecule has 0 aliphatic heterocycles. The maximum Gasteiger partial charge on any atom is 0.212 e. The van der Waals surface area contributed by atoms with Gasteiger partial charge in [-0.15, -0.1) is 0 Å². The number of nitrogens with zero attached hydrogens (tertiary/aromatic N) is 4. The summed E-state index contributed by atoms with van der Waals surface area (Å²) in [6, 6.07) is 19.6. The summed E-state index contributed by atoms with van der Waals surface area (Å²) in [5.41, 5.74) is 10.6. The van der Waals surface area contributed by atoms with Crippen LogP contribution in [0.1, 0.15) is 16.7 Å². The lowest BCUT2D eigenvalue weighted by atomic mass is 10.1. The fourth-order valence-corrected chi connectivity index (χ4v) is 5.46. The van der Waals surface area contributed by atoms with Crippen LogP contribution < -0.4 is 10.5 Å². The Hall–Kier alpha value is -4.24. The number of aryl methyl sites for hydroxylation is 2. The number of para-hydroxylation sites is 3. The fourth-order valence-electron chi connectivity index (χ4n) is 3.90. The molecule has 5 aromatic rings. The Kier molecular flexibility index (Phi) is 5.49. The predicted molar refractivity (Wildman–Crippen MR) is 137 cm³/mol. The minimum atomic E-state index is -4.03. The molecule has 0 atom stereocenters. The molecule has 0 fully saturated rings. The van der Waals surface area contributed by atoms with Crippen LogP contribution in [0.25, 0.3) is 22.2 Å². The lowest BCUT2D eigenvalue weighted by Crippen LogP contribution is -2.07. The number of benzene rings is 3. The molecular weight excluding hydrogens is 462 g/mol. The summed E-state index contributed by atoms with van der Waals surface area (Å²) in [5.74, 6) is 0.547. The molecular formula is C26H23N5O3S. The molecule has 9 heteroatoms. The average Bonchev–Trinajstić information content (AvgIpc) is 3.13. The van der Waals surface area contributed by atoms with Crippen molar-refractivity contribution in [2.24, 2.45) is 5.10 Å². The normalized spacial score (nSPS) is 12.1. The van der Waals surface area contributed by atoms with E-state index in [1.807, 2.05) is 44.2 Å².